The summed E-state index contributed by atoms with van der Waals surface area (Å²) in [5, 5.41) is 0. The second-order valence-electron chi connectivity index (χ2n) is 6.82. The highest BCUT2D eigenvalue weighted by Crippen LogP contribution is 2.20. The minimum absolute atomic E-state index is 0.101. The van der Waals surface area contributed by atoms with E-state index in [4.69, 9.17) is 9.72 Å². The average molecular weight is 400 g/mol. The number of aromatic nitrogens is 2. The summed E-state index contributed by atoms with van der Waals surface area (Å²) in [5.41, 5.74) is 0.753. The largest absolute Gasteiger partial charge is 0.378 e. The van der Waals surface area contributed by atoms with Gasteiger partial charge in [-0.25, -0.2) is 4.98 Å². The molecule has 1 aromatic carbocycles. The predicted octanol–water partition coefficient (Wildman–Crippen LogP) is 2.00. The van der Waals surface area contributed by atoms with E-state index in [1.54, 1.807) is 11.8 Å². The lowest BCUT2D eigenvalue weighted by atomic mass is 10.2. The third-order valence-corrected chi connectivity index (χ3v) is 5.89. The molecule has 0 saturated carbocycles. The highest BCUT2D eigenvalue weighted by Gasteiger charge is 2.23. The highest BCUT2D eigenvalue weighted by atomic mass is 32.2. The fraction of sp³-hybridized carbons (Fsp3) is 0.450. The van der Waals surface area contributed by atoms with Crippen LogP contribution in [0.4, 0.5) is 11.8 Å². The van der Waals surface area contributed by atoms with Crippen molar-refractivity contribution in [2.24, 2.45) is 0 Å². The quantitative estimate of drug-likeness (QED) is 0.729. The summed E-state index contributed by atoms with van der Waals surface area (Å²) in [6, 6.07) is 9.78. The molecule has 0 radical (unpaired) electrons. The number of amides is 1. The summed E-state index contributed by atoms with van der Waals surface area (Å²) in [5.74, 6) is 1.78. The number of thioether (sulfide) groups is 1. The van der Waals surface area contributed by atoms with E-state index < -0.39 is 0 Å². The van der Waals surface area contributed by atoms with Gasteiger partial charge in [0, 0.05) is 55.9 Å². The zero-order valence-electron chi connectivity index (χ0n) is 16.1. The summed E-state index contributed by atoms with van der Waals surface area (Å²) >= 11 is 1.68. The number of anilines is 2. The Kier molecular flexibility index (Phi) is 5.97. The molecule has 3 heterocycles. The van der Waals surface area contributed by atoms with Gasteiger partial charge in [0.1, 0.15) is 5.82 Å². The zero-order chi connectivity index (χ0) is 19.3. The van der Waals surface area contributed by atoms with Crippen molar-refractivity contribution in [3.05, 3.63) is 42.1 Å². The van der Waals surface area contributed by atoms with E-state index >= 15 is 0 Å². The van der Waals surface area contributed by atoms with Gasteiger partial charge < -0.3 is 19.4 Å². The number of carbonyl (C=O) groups excluding carboxylic acids is 1. The topological polar surface area (TPSA) is 61.8 Å². The van der Waals surface area contributed by atoms with E-state index in [1.807, 2.05) is 47.7 Å². The Morgan fingerprint density at radius 1 is 0.964 bits per heavy atom. The zero-order valence-corrected chi connectivity index (χ0v) is 16.9. The molecular formula is C20H25N5O2S. The van der Waals surface area contributed by atoms with Gasteiger partial charge in [-0.2, -0.15) is 4.98 Å². The number of piperazine rings is 1. The van der Waals surface area contributed by atoms with E-state index in [0.29, 0.717) is 26.3 Å². The lowest BCUT2D eigenvalue weighted by Gasteiger charge is -2.36. The number of benzene rings is 1. The van der Waals surface area contributed by atoms with Crippen molar-refractivity contribution >= 4 is 29.4 Å². The van der Waals surface area contributed by atoms with Gasteiger partial charge >= 0.3 is 0 Å². The van der Waals surface area contributed by atoms with Gasteiger partial charge in [-0.3, -0.25) is 4.79 Å². The number of morpholine rings is 1. The molecule has 28 heavy (non-hydrogen) atoms. The lowest BCUT2D eigenvalue weighted by molar-refractivity contribution is 0.0746. The average Bonchev–Trinajstić information content (AvgIpc) is 2.79. The number of carbonyl (C=O) groups is 1. The highest BCUT2D eigenvalue weighted by molar-refractivity contribution is 7.98. The van der Waals surface area contributed by atoms with Gasteiger partial charge in [0.2, 0.25) is 5.95 Å². The summed E-state index contributed by atoms with van der Waals surface area (Å²) in [6.07, 6.45) is 3.85. The van der Waals surface area contributed by atoms with Gasteiger partial charge in [-0.1, -0.05) is 0 Å². The number of hydrogen-bond acceptors (Lipinski definition) is 7. The Morgan fingerprint density at radius 2 is 1.68 bits per heavy atom. The molecule has 0 spiro atoms. The molecule has 2 aliphatic rings. The van der Waals surface area contributed by atoms with Crippen LogP contribution in [0.1, 0.15) is 10.4 Å². The van der Waals surface area contributed by atoms with Crippen LogP contribution < -0.4 is 9.80 Å². The first kappa shape index (κ1) is 19.0. The van der Waals surface area contributed by atoms with E-state index in [1.165, 1.54) is 4.90 Å². The van der Waals surface area contributed by atoms with Crippen molar-refractivity contribution in [1.29, 1.82) is 0 Å². The maximum atomic E-state index is 12.8. The van der Waals surface area contributed by atoms with Crippen molar-refractivity contribution in [1.82, 2.24) is 14.9 Å². The monoisotopic (exact) mass is 399 g/mol. The van der Waals surface area contributed by atoms with Crippen LogP contribution >= 0.6 is 11.8 Å². The third kappa shape index (κ3) is 4.23. The summed E-state index contributed by atoms with van der Waals surface area (Å²) < 4.78 is 5.41. The first-order chi connectivity index (χ1) is 13.7. The number of rotatable bonds is 4. The molecule has 2 aromatic rings. The molecule has 0 bridgehead atoms. The van der Waals surface area contributed by atoms with Crippen LogP contribution in [0, 0.1) is 0 Å². The fourth-order valence-corrected chi connectivity index (χ4v) is 3.89. The van der Waals surface area contributed by atoms with E-state index in [-0.39, 0.29) is 5.91 Å². The van der Waals surface area contributed by atoms with Gasteiger partial charge in [0.05, 0.1) is 13.2 Å². The number of ether oxygens (including phenoxy) is 1. The Morgan fingerprint density at radius 3 is 2.36 bits per heavy atom. The predicted molar refractivity (Wildman–Crippen MR) is 111 cm³/mol. The molecule has 4 rings (SSSR count). The SMILES string of the molecule is CSc1ccc(C(=O)N2CCN(c3ccnc(N4CCOCC4)n3)CC2)cc1. The minimum atomic E-state index is 0.101. The van der Waals surface area contributed by atoms with Crippen molar-refractivity contribution < 1.29 is 9.53 Å². The maximum absolute atomic E-state index is 12.8. The molecule has 8 heteroatoms. The number of hydrogen-bond donors (Lipinski definition) is 0. The van der Waals surface area contributed by atoms with Crippen molar-refractivity contribution in [2.45, 2.75) is 4.90 Å². The molecule has 1 aromatic heterocycles. The Bertz CT molecular complexity index is 802. The molecule has 0 N–H and O–H groups in total. The second kappa shape index (κ2) is 8.79. The summed E-state index contributed by atoms with van der Waals surface area (Å²) in [7, 11) is 0. The summed E-state index contributed by atoms with van der Waals surface area (Å²) in [6.45, 7) is 6.00. The first-order valence-corrected chi connectivity index (χ1v) is 10.8. The molecule has 0 unspecified atom stereocenters. The van der Waals surface area contributed by atoms with Crippen molar-refractivity contribution in [2.75, 3.05) is 68.5 Å². The molecule has 148 valence electrons. The fourth-order valence-electron chi connectivity index (χ4n) is 3.49. The van der Waals surface area contributed by atoms with Crippen LogP contribution in [-0.4, -0.2) is 79.5 Å². The molecule has 2 aliphatic heterocycles. The van der Waals surface area contributed by atoms with Gasteiger partial charge in [0.25, 0.3) is 5.91 Å². The molecule has 2 saturated heterocycles. The third-order valence-electron chi connectivity index (χ3n) is 5.15. The molecular weight excluding hydrogens is 374 g/mol. The molecule has 0 aliphatic carbocycles. The Labute approximate surface area is 169 Å². The van der Waals surface area contributed by atoms with Crippen LogP contribution in [0.2, 0.25) is 0 Å². The molecule has 7 nitrogen and oxygen atoms in total. The van der Waals surface area contributed by atoms with Crippen LogP contribution in [0.3, 0.4) is 0 Å². The van der Waals surface area contributed by atoms with E-state index in [0.717, 1.165) is 43.5 Å². The molecule has 1 amide bonds. The lowest BCUT2D eigenvalue weighted by Crippen LogP contribution is -2.49. The van der Waals surface area contributed by atoms with Crippen LogP contribution in [0.15, 0.2) is 41.4 Å². The standard InChI is InChI=1S/C20H25N5O2S/c1-28-17-4-2-16(3-5-17)19(26)24-10-8-23(9-11-24)18-6-7-21-20(22-18)25-12-14-27-15-13-25/h2-7H,8-15H2,1H3. The van der Waals surface area contributed by atoms with Gasteiger partial charge in [-0.15, -0.1) is 11.8 Å². The first-order valence-electron chi connectivity index (χ1n) is 9.58. The Balaban J connectivity index is 1.37. The van der Waals surface area contributed by atoms with Gasteiger partial charge in [0.15, 0.2) is 0 Å². The smallest absolute Gasteiger partial charge is 0.253 e. The number of nitrogens with zero attached hydrogens (tertiary/aromatic N) is 5. The van der Waals surface area contributed by atoms with E-state index in [2.05, 4.69) is 14.8 Å². The van der Waals surface area contributed by atoms with Crippen molar-refractivity contribution in [3.8, 4) is 0 Å². The van der Waals surface area contributed by atoms with Crippen LogP contribution in [0.25, 0.3) is 0 Å². The normalized spacial score (nSPS) is 17.7. The Hall–Kier alpha value is -2.32. The minimum Gasteiger partial charge on any atom is -0.378 e. The van der Waals surface area contributed by atoms with E-state index in [9.17, 15) is 4.79 Å². The maximum Gasteiger partial charge on any atom is 0.253 e. The van der Waals surface area contributed by atoms with Crippen LogP contribution in [0.5, 0.6) is 0 Å². The second-order valence-corrected chi connectivity index (χ2v) is 7.70. The van der Waals surface area contributed by atoms with Crippen LogP contribution in [-0.2, 0) is 4.74 Å². The molecule has 2 fully saturated rings. The summed E-state index contributed by atoms with van der Waals surface area (Å²) in [4.78, 5) is 29.4. The molecule has 0 atom stereocenters. The van der Waals surface area contributed by atoms with Crippen molar-refractivity contribution in [3.63, 3.8) is 0 Å². The van der Waals surface area contributed by atoms with Gasteiger partial charge in [-0.05, 0) is 36.6 Å².